The van der Waals surface area contributed by atoms with E-state index in [0.29, 0.717) is 0 Å². The van der Waals surface area contributed by atoms with E-state index < -0.39 is 8.07 Å². The third kappa shape index (κ3) is 4.18. The number of fused-ring (bicyclic) bond motifs is 15. The van der Waals surface area contributed by atoms with Crippen LogP contribution in [0.3, 0.4) is 0 Å². The van der Waals surface area contributed by atoms with Crippen LogP contribution in [0.5, 0.6) is 0 Å². The molecule has 0 bridgehead atoms. The average molecular weight is 727 g/mol. The van der Waals surface area contributed by atoms with Crippen molar-refractivity contribution in [3.05, 3.63) is 207 Å². The van der Waals surface area contributed by atoms with Crippen molar-refractivity contribution in [1.29, 1.82) is 0 Å². The number of aromatic nitrogens is 1. The van der Waals surface area contributed by atoms with E-state index in [2.05, 4.69) is 204 Å². The number of pyridine rings is 1. The molecule has 4 heterocycles. The largest absolute Gasteiger partial charge is 0.309 e. The van der Waals surface area contributed by atoms with Crippen LogP contribution in [-0.4, -0.2) is 13.1 Å². The number of anilines is 3. The molecule has 3 heteroatoms. The van der Waals surface area contributed by atoms with Crippen LogP contribution in [0.1, 0.15) is 0 Å². The molecule has 0 radical (unpaired) electrons. The molecule has 0 amide bonds. The quantitative estimate of drug-likeness (QED) is 0.169. The van der Waals surface area contributed by atoms with Crippen LogP contribution in [-0.2, 0) is 0 Å². The maximum absolute atomic E-state index is 4.61. The highest BCUT2D eigenvalue weighted by atomic mass is 28.3. The molecule has 2 nitrogen and oxygen atoms in total. The molecule has 9 aromatic rings. The van der Waals surface area contributed by atoms with Crippen LogP contribution >= 0.6 is 0 Å². The van der Waals surface area contributed by atoms with Gasteiger partial charge in [0.15, 0.2) is 8.07 Å². The van der Waals surface area contributed by atoms with Crippen molar-refractivity contribution in [3.8, 4) is 66.8 Å². The monoisotopic (exact) mass is 726 g/mol. The molecule has 3 aliphatic rings. The smallest absolute Gasteiger partial charge is 0.183 e. The lowest BCUT2D eigenvalue weighted by atomic mass is 9.95. The maximum Gasteiger partial charge on any atom is 0.183 e. The minimum atomic E-state index is -2.83. The Bertz CT molecular complexity index is 2960. The molecular formula is C53H34N2Si. The van der Waals surface area contributed by atoms with E-state index in [9.17, 15) is 0 Å². The third-order valence-electron chi connectivity index (χ3n) is 12.3. The first-order chi connectivity index (χ1) is 27.8. The van der Waals surface area contributed by atoms with E-state index in [0.717, 1.165) is 11.3 Å². The van der Waals surface area contributed by atoms with Gasteiger partial charge in [-0.1, -0.05) is 164 Å². The molecule has 0 saturated carbocycles. The Morgan fingerprint density at radius 1 is 0.321 bits per heavy atom. The minimum absolute atomic E-state index is 1.14. The second kappa shape index (κ2) is 12.0. The van der Waals surface area contributed by atoms with E-state index in [-0.39, 0.29) is 0 Å². The van der Waals surface area contributed by atoms with E-state index in [1.807, 2.05) is 12.4 Å². The molecular weight excluding hydrogens is 693 g/mol. The van der Waals surface area contributed by atoms with E-state index in [1.165, 1.54) is 93.3 Å². The molecule has 1 spiro atoms. The Labute approximate surface area is 327 Å². The Balaban J connectivity index is 1.10. The molecule has 1 aromatic heterocycles. The fraction of sp³-hybridized carbons (Fsp3) is 0. The van der Waals surface area contributed by atoms with Gasteiger partial charge in [0.1, 0.15) is 0 Å². The first-order valence-electron chi connectivity index (χ1n) is 19.4. The predicted molar refractivity (Wildman–Crippen MR) is 236 cm³/mol. The highest BCUT2D eigenvalue weighted by Crippen LogP contribution is 2.51. The molecule has 0 N–H and O–H groups in total. The van der Waals surface area contributed by atoms with Crippen LogP contribution in [0, 0.1) is 0 Å². The summed E-state index contributed by atoms with van der Waals surface area (Å²) in [7, 11) is -2.83. The maximum atomic E-state index is 4.61. The summed E-state index contributed by atoms with van der Waals surface area (Å²) in [6.45, 7) is 0. The summed E-state index contributed by atoms with van der Waals surface area (Å²) >= 11 is 0. The molecule has 1 atom stereocenters. The molecule has 0 fully saturated rings. The number of benzene rings is 8. The molecule has 3 aliphatic heterocycles. The Hall–Kier alpha value is -7.07. The number of nitrogens with zero attached hydrogens (tertiary/aromatic N) is 2. The van der Waals surface area contributed by atoms with Gasteiger partial charge in [0.25, 0.3) is 0 Å². The number of hydrogen-bond donors (Lipinski definition) is 0. The summed E-state index contributed by atoms with van der Waals surface area (Å²) in [5.41, 5.74) is 18.9. The van der Waals surface area contributed by atoms with E-state index >= 15 is 0 Å². The van der Waals surface area contributed by atoms with E-state index in [1.54, 1.807) is 0 Å². The lowest BCUT2D eigenvalue weighted by Gasteiger charge is -2.31. The van der Waals surface area contributed by atoms with Gasteiger partial charge in [0.2, 0.25) is 0 Å². The molecule has 0 saturated heterocycles. The van der Waals surface area contributed by atoms with Crippen molar-refractivity contribution < 1.29 is 0 Å². The van der Waals surface area contributed by atoms with Gasteiger partial charge in [0, 0.05) is 29.2 Å². The van der Waals surface area contributed by atoms with E-state index in [4.69, 9.17) is 0 Å². The fourth-order valence-electron chi connectivity index (χ4n) is 10.2. The fourth-order valence-corrected chi connectivity index (χ4v) is 16.3. The summed E-state index contributed by atoms with van der Waals surface area (Å²) in [4.78, 5) is 7.05. The zero-order valence-electron chi connectivity index (χ0n) is 30.5. The van der Waals surface area contributed by atoms with Gasteiger partial charge >= 0.3 is 0 Å². The summed E-state index contributed by atoms with van der Waals surface area (Å²) in [5, 5.41) is 5.90. The zero-order chi connectivity index (χ0) is 36.8. The van der Waals surface area contributed by atoms with Gasteiger partial charge in [-0.25, -0.2) is 0 Å². The molecule has 0 aliphatic carbocycles. The highest BCUT2D eigenvalue weighted by Gasteiger charge is 2.56. The molecule has 56 heavy (non-hydrogen) atoms. The van der Waals surface area contributed by atoms with Crippen molar-refractivity contribution in [2.45, 2.75) is 0 Å². The lowest BCUT2D eigenvalue weighted by Crippen LogP contribution is -2.71. The van der Waals surface area contributed by atoms with Crippen LogP contribution in [0.15, 0.2) is 207 Å². The van der Waals surface area contributed by atoms with Crippen LogP contribution < -0.4 is 25.6 Å². The lowest BCUT2D eigenvalue weighted by molar-refractivity contribution is 1.29. The Morgan fingerprint density at radius 2 is 0.768 bits per heavy atom. The highest BCUT2D eigenvalue weighted by molar-refractivity contribution is 7.25. The number of rotatable bonds is 3. The molecule has 260 valence electrons. The summed E-state index contributed by atoms with van der Waals surface area (Å²) in [6, 6.07) is 72.4. The summed E-state index contributed by atoms with van der Waals surface area (Å²) in [6.07, 6.45) is 3.91. The van der Waals surface area contributed by atoms with Gasteiger partial charge in [-0.2, -0.15) is 0 Å². The average Bonchev–Trinajstić information content (AvgIpc) is 3.70. The van der Waals surface area contributed by atoms with Gasteiger partial charge in [-0.3, -0.25) is 4.98 Å². The Morgan fingerprint density at radius 3 is 1.30 bits per heavy atom. The van der Waals surface area contributed by atoms with Gasteiger partial charge < -0.3 is 4.90 Å². The SMILES string of the molecule is c1cncc(-c2cccc3c2[Si]2(c4ccccc4-c4cccc(-c5ccc(N6c7ccccc7-c7ccccc7-c7ccccc76)cc5)c42)c2ccccc2-3)c1. The van der Waals surface area contributed by atoms with Crippen LogP contribution in [0.25, 0.3) is 66.8 Å². The van der Waals surface area contributed by atoms with Crippen LogP contribution in [0.2, 0.25) is 0 Å². The molecule has 12 rings (SSSR count). The van der Waals surface area contributed by atoms with Gasteiger partial charge in [-0.15, -0.1) is 0 Å². The van der Waals surface area contributed by atoms with Gasteiger partial charge in [-0.05, 0) is 107 Å². The first-order valence-corrected chi connectivity index (χ1v) is 21.4. The summed E-state index contributed by atoms with van der Waals surface area (Å²) < 4.78 is 0. The zero-order valence-corrected chi connectivity index (χ0v) is 31.5. The second-order valence-corrected chi connectivity index (χ2v) is 18.6. The predicted octanol–water partition coefficient (Wildman–Crippen LogP) is 10.9. The topological polar surface area (TPSA) is 16.1 Å². The standard InChI is InChI=1S/C53H34N2Si/c1-2-16-41-40(15-1)42-17-3-7-25-48(42)55(49-26-8-4-18-43(41)49)37-31-29-35(30-32-37)38-21-11-23-46-44-19-5-9-27-50(44)56(52(38)46)51-28-10-6-20-45(51)47-24-12-22-39(53(47)56)36-14-13-33-54-34-36/h1-34H. The Kier molecular flexibility index (Phi) is 6.69. The minimum Gasteiger partial charge on any atom is -0.309 e. The first kappa shape index (κ1) is 31.3. The molecule has 8 aromatic carbocycles. The van der Waals surface area contributed by atoms with Crippen molar-refractivity contribution in [2.24, 2.45) is 0 Å². The van der Waals surface area contributed by atoms with Gasteiger partial charge in [0.05, 0.1) is 11.4 Å². The van der Waals surface area contributed by atoms with Crippen molar-refractivity contribution in [3.63, 3.8) is 0 Å². The van der Waals surface area contributed by atoms with Crippen LogP contribution in [0.4, 0.5) is 17.1 Å². The van der Waals surface area contributed by atoms with Crippen molar-refractivity contribution in [1.82, 2.24) is 4.98 Å². The third-order valence-corrected chi connectivity index (χ3v) is 17.4. The summed E-state index contributed by atoms with van der Waals surface area (Å²) in [5.74, 6) is 0. The van der Waals surface area contributed by atoms with Crippen molar-refractivity contribution >= 4 is 45.9 Å². The number of hydrogen-bond acceptors (Lipinski definition) is 2. The van der Waals surface area contributed by atoms with Crippen molar-refractivity contribution in [2.75, 3.05) is 4.90 Å². The normalized spacial score (nSPS) is 15.2. The number of para-hydroxylation sites is 2. The molecule has 1 unspecified atom stereocenters. The second-order valence-electron chi connectivity index (χ2n) is 15.0.